The van der Waals surface area contributed by atoms with Crippen LogP contribution in [0.15, 0.2) is 59.5 Å². The summed E-state index contributed by atoms with van der Waals surface area (Å²) in [7, 11) is 0. The van der Waals surface area contributed by atoms with E-state index in [1.54, 1.807) is 12.5 Å². The number of aromatic nitrogens is 1. The van der Waals surface area contributed by atoms with Crippen molar-refractivity contribution in [3.63, 3.8) is 0 Å². The molecule has 0 bridgehead atoms. The molecule has 1 amide bonds. The standard InChI is InChI=1S/C25H27ClN4O2/c1-17-5-7-27-24(23(17)19-6-12-32-16-19)29-8-10-30(11-9-29)25(31)22-14-20(15-28-22)18-3-2-4-21(26)13-18/h2-7,12-13,16,20,22,28H,8-11,14-15H2,1H3/t20-,22-/m1/s1. The average molecular weight is 451 g/mol. The second-order valence-electron chi connectivity index (χ2n) is 8.60. The zero-order chi connectivity index (χ0) is 22.1. The smallest absolute Gasteiger partial charge is 0.239 e. The first kappa shape index (κ1) is 21.0. The number of nitrogens with one attached hydrogen (secondary N) is 1. The first-order valence-corrected chi connectivity index (χ1v) is 11.5. The van der Waals surface area contributed by atoms with Gasteiger partial charge in [0.1, 0.15) is 5.82 Å². The highest BCUT2D eigenvalue weighted by atomic mass is 35.5. The summed E-state index contributed by atoms with van der Waals surface area (Å²) >= 11 is 6.15. The van der Waals surface area contributed by atoms with E-state index in [1.807, 2.05) is 41.4 Å². The summed E-state index contributed by atoms with van der Waals surface area (Å²) in [5.74, 6) is 1.47. The molecular weight excluding hydrogens is 424 g/mol. The lowest BCUT2D eigenvalue weighted by molar-refractivity contribution is -0.133. The van der Waals surface area contributed by atoms with Gasteiger partial charge in [0.25, 0.3) is 0 Å². The fourth-order valence-electron chi connectivity index (χ4n) is 4.84. The van der Waals surface area contributed by atoms with E-state index in [0.717, 1.165) is 53.6 Å². The highest BCUT2D eigenvalue weighted by Gasteiger charge is 2.34. The number of hydrogen-bond donors (Lipinski definition) is 1. The van der Waals surface area contributed by atoms with Crippen molar-refractivity contribution in [2.75, 3.05) is 37.6 Å². The molecule has 1 aromatic carbocycles. The minimum Gasteiger partial charge on any atom is -0.472 e. The first-order chi connectivity index (χ1) is 15.6. The molecule has 2 saturated heterocycles. The molecule has 2 fully saturated rings. The van der Waals surface area contributed by atoms with Gasteiger partial charge in [-0.1, -0.05) is 23.7 Å². The van der Waals surface area contributed by atoms with Crippen molar-refractivity contribution < 1.29 is 9.21 Å². The van der Waals surface area contributed by atoms with Crippen molar-refractivity contribution in [1.82, 2.24) is 15.2 Å². The van der Waals surface area contributed by atoms with Crippen LogP contribution in [0.5, 0.6) is 0 Å². The molecule has 5 rings (SSSR count). The quantitative estimate of drug-likeness (QED) is 0.648. The second-order valence-corrected chi connectivity index (χ2v) is 9.04. The predicted molar refractivity (Wildman–Crippen MR) is 126 cm³/mol. The van der Waals surface area contributed by atoms with Gasteiger partial charge < -0.3 is 19.5 Å². The second kappa shape index (κ2) is 8.96. The molecule has 0 saturated carbocycles. The van der Waals surface area contributed by atoms with Crippen LogP contribution in [0.3, 0.4) is 0 Å². The highest BCUT2D eigenvalue weighted by Crippen LogP contribution is 2.33. The minimum absolute atomic E-state index is 0.135. The molecule has 2 aromatic heterocycles. The zero-order valence-corrected chi connectivity index (χ0v) is 18.9. The number of carbonyl (C=O) groups excluding carboxylic acids is 1. The molecule has 0 aliphatic carbocycles. The van der Waals surface area contributed by atoms with Crippen molar-refractivity contribution in [2.45, 2.75) is 25.3 Å². The number of amides is 1. The van der Waals surface area contributed by atoms with Crippen LogP contribution in [-0.2, 0) is 4.79 Å². The molecule has 4 heterocycles. The Kier molecular flexibility index (Phi) is 5.89. The van der Waals surface area contributed by atoms with Gasteiger partial charge in [-0.25, -0.2) is 4.98 Å². The molecule has 3 aromatic rings. The molecule has 2 aliphatic heterocycles. The summed E-state index contributed by atoms with van der Waals surface area (Å²) in [5, 5.41) is 4.17. The van der Waals surface area contributed by atoms with Crippen molar-refractivity contribution in [3.8, 4) is 11.1 Å². The van der Waals surface area contributed by atoms with Crippen molar-refractivity contribution in [2.24, 2.45) is 0 Å². The Hall–Kier alpha value is -2.83. The Balaban J connectivity index is 1.23. The number of anilines is 1. The van der Waals surface area contributed by atoms with Gasteiger partial charge in [0.05, 0.1) is 18.6 Å². The van der Waals surface area contributed by atoms with E-state index in [1.165, 1.54) is 5.56 Å². The number of piperazine rings is 1. The highest BCUT2D eigenvalue weighted by molar-refractivity contribution is 6.30. The Morgan fingerprint density at radius 1 is 1.19 bits per heavy atom. The van der Waals surface area contributed by atoms with E-state index in [4.69, 9.17) is 16.0 Å². The van der Waals surface area contributed by atoms with E-state index in [2.05, 4.69) is 28.2 Å². The maximum atomic E-state index is 13.2. The monoisotopic (exact) mass is 450 g/mol. The predicted octanol–water partition coefficient (Wildman–Crippen LogP) is 4.10. The first-order valence-electron chi connectivity index (χ1n) is 11.1. The molecule has 0 spiro atoms. The normalized spacial score (nSPS) is 21.2. The van der Waals surface area contributed by atoms with Gasteiger partial charge in [0, 0.05) is 55.1 Å². The molecule has 6 nitrogen and oxygen atoms in total. The molecule has 0 unspecified atom stereocenters. The van der Waals surface area contributed by atoms with Crippen LogP contribution < -0.4 is 10.2 Å². The summed E-state index contributed by atoms with van der Waals surface area (Å²) in [6.45, 7) is 5.81. The van der Waals surface area contributed by atoms with Gasteiger partial charge in [0.15, 0.2) is 0 Å². The maximum absolute atomic E-state index is 13.2. The van der Waals surface area contributed by atoms with E-state index < -0.39 is 0 Å². The summed E-state index contributed by atoms with van der Waals surface area (Å²) in [6.07, 6.45) is 6.11. The molecule has 1 N–H and O–H groups in total. The van der Waals surface area contributed by atoms with Crippen LogP contribution in [0.4, 0.5) is 5.82 Å². The van der Waals surface area contributed by atoms with Crippen molar-refractivity contribution >= 4 is 23.3 Å². The van der Waals surface area contributed by atoms with Gasteiger partial charge in [0.2, 0.25) is 5.91 Å². The Labute approximate surface area is 193 Å². The number of nitrogens with zero attached hydrogens (tertiary/aromatic N) is 3. The van der Waals surface area contributed by atoms with Crippen LogP contribution in [0, 0.1) is 6.92 Å². The van der Waals surface area contributed by atoms with Crippen LogP contribution in [0.25, 0.3) is 11.1 Å². The lowest BCUT2D eigenvalue weighted by Gasteiger charge is -2.37. The number of benzene rings is 1. The minimum atomic E-state index is -0.135. The molecule has 0 radical (unpaired) electrons. The van der Waals surface area contributed by atoms with E-state index in [0.29, 0.717) is 19.0 Å². The summed E-state index contributed by atoms with van der Waals surface area (Å²) in [6, 6.07) is 11.8. The SMILES string of the molecule is Cc1ccnc(N2CCN(C(=O)[C@H]3C[C@@H](c4cccc(Cl)c4)CN3)CC2)c1-c1ccoc1. The third-order valence-corrected chi connectivity index (χ3v) is 6.82. The number of halogens is 1. The van der Waals surface area contributed by atoms with Crippen molar-refractivity contribution in [1.29, 1.82) is 0 Å². The number of hydrogen-bond acceptors (Lipinski definition) is 5. The van der Waals surface area contributed by atoms with E-state index in [9.17, 15) is 4.79 Å². The zero-order valence-electron chi connectivity index (χ0n) is 18.1. The number of aryl methyl sites for hydroxylation is 1. The molecule has 7 heteroatoms. The summed E-state index contributed by atoms with van der Waals surface area (Å²) in [5.41, 5.74) is 4.49. The Bertz CT molecular complexity index is 1090. The Morgan fingerprint density at radius 2 is 2.03 bits per heavy atom. The van der Waals surface area contributed by atoms with E-state index >= 15 is 0 Å². The number of carbonyl (C=O) groups is 1. The fraction of sp³-hybridized carbons (Fsp3) is 0.360. The average Bonchev–Trinajstić information content (AvgIpc) is 3.51. The molecule has 166 valence electrons. The lowest BCUT2D eigenvalue weighted by atomic mass is 9.96. The topological polar surface area (TPSA) is 61.6 Å². The van der Waals surface area contributed by atoms with Crippen molar-refractivity contribution in [3.05, 3.63) is 71.3 Å². The van der Waals surface area contributed by atoms with E-state index in [-0.39, 0.29) is 11.9 Å². The molecular formula is C25H27ClN4O2. The fourth-order valence-corrected chi connectivity index (χ4v) is 5.04. The van der Waals surface area contributed by atoms with Crippen LogP contribution in [0.2, 0.25) is 5.02 Å². The van der Waals surface area contributed by atoms with Gasteiger partial charge in [-0.05, 0) is 54.7 Å². The molecule has 32 heavy (non-hydrogen) atoms. The van der Waals surface area contributed by atoms with Crippen LogP contribution in [-0.4, -0.2) is 54.6 Å². The van der Waals surface area contributed by atoms with Crippen LogP contribution >= 0.6 is 11.6 Å². The maximum Gasteiger partial charge on any atom is 0.239 e. The third-order valence-electron chi connectivity index (χ3n) is 6.59. The molecule has 2 aliphatic rings. The molecule has 2 atom stereocenters. The summed E-state index contributed by atoms with van der Waals surface area (Å²) in [4.78, 5) is 22.1. The lowest BCUT2D eigenvalue weighted by Crippen LogP contribution is -2.53. The Morgan fingerprint density at radius 3 is 2.78 bits per heavy atom. The van der Waals surface area contributed by atoms with Gasteiger partial charge in [-0.3, -0.25) is 4.79 Å². The van der Waals surface area contributed by atoms with Gasteiger partial charge in [-0.2, -0.15) is 0 Å². The number of pyridine rings is 1. The van der Waals surface area contributed by atoms with Gasteiger partial charge in [-0.15, -0.1) is 0 Å². The van der Waals surface area contributed by atoms with Crippen LogP contribution in [0.1, 0.15) is 23.5 Å². The number of rotatable bonds is 4. The summed E-state index contributed by atoms with van der Waals surface area (Å²) < 4.78 is 5.31. The third kappa shape index (κ3) is 4.12. The largest absolute Gasteiger partial charge is 0.472 e. The van der Waals surface area contributed by atoms with Gasteiger partial charge >= 0.3 is 0 Å². The number of furan rings is 1.